The maximum Gasteiger partial charge on any atom is 0.142 e. The van der Waals surface area contributed by atoms with Crippen LogP contribution in [0.5, 0.6) is 0 Å². The van der Waals surface area contributed by atoms with Gasteiger partial charge in [0.2, 0.25) is 0 Å². The SMILES string of the molecule is CC(NCc1ccc(Cl)c(F)c1)c1cn[nH]c1. The van der Waals surface area contributed by atoms with Crippen LogP contribution in [0, 0.1) is 5.82 Å². The van der Waals surface area contributed by atoms with Gasteiger partial charge in [-0.15, -0.1) is 0 Å². The molecule has 0 saturated heterocycles. The summed E-state index contributed by atoms with van der Waals surface area (Å²) >= 11 is 5.62. The number of hydrogen-bond acceptors (Lipinski definition) is 2. The van der Waals surface area contributed by atoms with Crippen LogP contribution in [-0.2, 0) is 6.54 Å². The van der Waals surface area contributed by atoms with E-state index < -0.39 is 0 Å². The fourth-order valence-corrected chi connectivity index (χ4v) is 1.65. The van der Waals surface area contributed by atoms with Gasteiger partial charge in [0.1, 0.15) is 5.82 Å². The average molecular weight is 254 g/mol. The highest BCUT2D eigenvalue weighted by Gasteiger charge is 2.06. The third-order valence-electron chi connectivity index (χ3n) is 2.62. The van der Waals surface area contributed by atoms with Crippen molar-refractivity contribution in [1.29, 1.82) is 0 Å². The molecule has 2 N–H and O–H groups in total. The van der Waals surface area contributed by atoms with Crippen molar-refractivity contribution < 1.29 is 4.39 Å². The molecule has 90 valence electrons. The first kappa shape index (κ1) is 12.1. The van der Waals surface area contributed by atoms with Crippen molar-refractivity contribution in [2.45, 2.75) is 19.5 Å². The Balaban J connectivity index is 1.96. The highest BCUT2D eigenvalue weighted by atomic mass is 35.5. The molecule has 0 saturated carbocycles. The van der Waals surface area contributed by atoms with Crippen LogP contribution in [0.25, 0.3) is 0 Å². The van der Waals surface area contributed by atoms with Crippen molar-refractivity contribution in [2.75, 3.05) is 0 Å². The minimum Gasteiger partial charge on any atom is -0.306 e. The van der Waals surface area contributed by atoms with Gasteiger partial charge in [-0.05, 0) is 24.6 Å². The lowest BCUT2D eigenvalue weighted by molar-refractivity contribution is 0.569. The topological polar surface area (TPSA) is 40.7 Å². The van der Waals surface area contributed by atoms with Gasteiger partial charge in [-0.2, -0.15) is 5.10 Å². The fourth-order valence-electron chi connectivity index (χ4n) is 1.54. The van der Waals surface area contributed by atoms with Crippen molar-refractivity contribution in [3.63, 3.8) is 0 Å². The minimum atomic E-state index is -0.387. The van der Waals surface area contributed by atoms with Crippen LogP contribution in [0.3, 0.4) is 0 Å². The summed E-state index contributed by atoms with van der Waals surface area (Å²) in [4.78, 5) is 0. The van der Waals surface area contributed by atoms with E-state index >= 15 is 0 Å². The predicted molar refractivity (Wildman–Crippen MR) is 65.3 cm³/mol. The molecule has 0 fully saturated rings. The molecule has 1 aromatic carbocycles. The molecule has 1 heterocycles. The molecule has 1 atom stereocenters. The highest BCUT2D eigenvalue weighted by Crippen LogP contribution is 2.16. The van der Waals surface area contributed by atoms with Crippen LogP contribution < -0.4 is 5.32 Å². The molecular formula is C12H13ClFN3. The van der Waals surface area contributed by atoms with Gasteiger partial charge in [0.25, 0.3) is 0 Å². The van der Waals surface area contributed by atoms with Gasteiger partial charge in [0.15, 0.2) is 0 Å². The zero-order valence-electron chi connectivity index (χ0n) is 9.37. The van der Waals surface area contributed by atoms with Gasteiger partial charge in [0.05, 0.1) is 11.2 Å². The Morgan fingerprint density at radius 3 is 3.00 bits per heavy atom. The Bertz CT molecular complexity index is 485. The molecule has 1 unspecified atom stereocenters. The van der Waals surface area contributed by atoms with Gasteiger partial charge >= 0.3 is 0 Å². The second-order valence-corrected chi connectivity index (χ2v) is 4.29. The molecular weight excluding hydrogens is 241 g/mol. The van der Waals surface area contributed by atoms with Crippen molar-refractivity contribution >= 4 is 11.6 Å². The Hall–Kier alpha value is -1.39. The smallest absolute Gasteiger partial charge is 0.142 e. The van der Waals surface area contributed by atoms with E-state index in [1.54, 1.807) is 18.3 Å². The first-order chi connectivity index (χ1) is 8.16. The van der Waals surface area contributed by atoms with E-state index in [4.69, 9.17) is 11.6 Å². The lowest BCUT2D eigenvalue weighted by atomic mass is 10.1. The molecule has 3 nitrogen and oxygen atoms in total. The normalized spacial score (nSPS) is 12.6. The van der Waals surface area contributed by atoms with Gasteiger partial charge in [0, 0.05) is 24.3 Å². The van der Waals surface area contributed by atoms with Crippen LogP contribution in [0.2, 0.25) is 5.02 Å². The van der Waals surface area contributed by atoms with Crippen LogP contribution >= 0.6 is 11.6 Å². The van der Waals surface area contributed by atoms with E-state index in [0.717, 1.165) is 11.1 Å². The van der Waals surface area contributed by atoms with Crippen LogP contribution in [-0.4, -0.2) is 10.2 Å². The molecule has 0 amide bonds. The summed E-state index contributed by atoms with van der Waals surface area (Å²) in [5.74, 6) is -0.387. The van der Waals surface area contributed by atoms with E-state index in [0.29, 0.717) is 6.54 Å². The summed E-state index contributed by atoms with van der Waals surface area (Å²) in [7, 11) is 0. The summed E-state index contributed by atoms with van der Waals surface area (Å²) in [5, 5.41) is 10.1. The number of nitrogens with one attached hydrogen (secondary N) is 2. The van der Waals surface area contributed by atoms with Gasteiger partial charge in [-0.1, -0.05) is 17.7 Å². The minimum absolute atomic E-state index is 0.150. The molecule has 0 bridgehead atoms. The Morgan fingerprint density at radius 2 is 2.35 bits per heavy atom. The van der Waals surface area contributed by atoms with Crippen molar-refractivity contribution in [2.24, 2.45) is 0 Å². The van der Waals surface area contributed by atoms with E-state index in [2.05, 4.69) is 15.5 Å². The standard InChI is InChI=1S/C12H13ClFN3/c1-8(10-6-16-17-7-10)15-5-9-2-3-11(13)12(14)4-9/h2-4,6-8,15H,5H2,1H3,(H,16,17). The summed E-state index contributed by atoms with van der Waals surface area (Å²) in [6.45, 7) is 2.61. The Morgan fingerprint density at radius 1 is 1.53 bits per heavy atom. The number of hydrogen-bond donors (Lipinski definition) is 2. The number of nitrogens with zero attached hydrogens (tertiary/aromatic N) is 1. The second kappa shape index (κ2) is 5.29. The number of benzene rings is 1. The fraction of sp³-hybridized carbons (Fsp3) is 0.250. The average Bonchev–Trinajstić information content (AvgIpc) is 2.84. The molecule has 1 aromatic heterocycles. The van der Waals surface area contributed by atoms with E-state index in [-0.39, 0.29) is 16.9 Å². The quantitative estimate of drug-likeness (QED) is 0.879. The van der Waals surface area contributed by atoms with Crippen molar-refractivity contribution in [3.05, 3.63) is 52.6 Å². The number of rotatable bonds is 4. The van der Waals surface area contributed by atoms with E-state index in [9.17, 15) is 4.39 Å². The maximum absolute atomic E-state index is 13.2. The van der Waals surface area contributed by atoms with E-state index in [1.807, 2.05) is 13.1 Å². The van der Waals surface area contributed by atoms with Crippen LogP contribution in [0.1, 0.15) is 24.1 Å². The number of aromatic nitrogens is 2. The summed E-state index contributed by atoms with van der Waals surface area (Å²) in [6.07, 6.45) is 3.60. The van der Waals surface area contributed by atoms with Gasteiger partial charge < -0.3 is 5.32 Å². The van der Waals surface area contributed by atoms with Gasteiger partial charge in [-0.25, -0.2) is 4.39 Å². The number of aromatic amines is 1. The predicted octanol–water partition coefficient (Wildman–Crippen LogP) is 3.05. The second-order valence-electron chi connectivity index (χ2n) is 3.88. The monoisotopic (exact) mass is 253 g/mol. The van der Waals surface area contributed by atoms with Crippen LogP contribution in [0.4, 0.5) is 4.39 Å². The largest absolute Gasteiger partial charge is 0.306 e. The molecule has 0 aliphatic rings. The first-order valence-electron chi connectivity index (χ1n) is 5.33. The molecule has 2 rings (SSSR count). The molecule has 0 aliphatic heterocycles. The number of H-pyrrole nitrogens is 1. The van der Waals surface area contributed by atoms with Crippen molar-refractivity contribution in [3.8, 4) is 0 Å². The Kier molecular flexibility index (Phi) is 3.76. The molecule has 5 heteroatoms. The van der Waals surface area contributed by atoms with Crippen LogP contribution in [0.15, 0.2) is 30.6 Å². The zero-order valence-corrected chi connectivity index (χ0v) is 10.1. The molecule has 0 aliphatic carbocycles. The zero-order chi connectivity index (χ0) is 12.3. The van der Waals surface area contributed by atoms with E-state index in [1.165, 1.54) is 6.07 Å². The molecule has 17 heavy (non-hydrogen) atoms. The molecule has 0 spiro atoms. The third-order valence-corrected chi connectivity index (χ3v) is 2.92. The Labute approximate surface area is 104 Å². The van der Waals surface area contributed by atoms with Gasteiger partial charge in [-0.3, -0.25) is 5.10 Å². The third kappa shape index (κ3) is 3.05. The highest BCUT2D eigenvalue weighted by molar-refractivity contribution is 6.30. The summed E-state index contributed by atoms with van der Waals surface area (Å²) in [5.41, 5.74) is 1.93. The molecule has 2 aromatic rings. The molecule has 0 radical (unpaired) electrons. The van der Waals surface area contributed by atoms with Crippen molar-refractivity contribution in [1.82, 2.24) is 15.5 Å². The number of halogens is 2. The summed E-state index contributed by atoms with van der Waals surface area (Å²) in [6, 6.07) is 4.97. The lowest BCUT2D eigenvalue weighted by Gasteiger charge is -2.12. The lowest BCUT2D eigenvalue weighted by Crippen LogP contribution is -2.17. The summed E-state index contributed by atoms with van der Waals surface area (Å²) < 4.78 is 13.2. The first-order valence-corrected chi connectivity index (χ1v) is 5.70. The maximum atomic E-state index is 13.2.